The smallest absolute Gasteiger partial charge is 0.255 e. The summed E-state index contributed by atoms with van der Waals surface area (Å²) in [5.41, 5.74) is 2.33. The first kappa shape index (κ1) is 19.1. The normalized spacial score (nSPS) is 16.9. The van der Waals surface area contributed by atoms with Crippen LogP contribution in [0.5, 0.6) is 0 Å². The van der Waals surface area contributed by atoms with Crippen molar-refractivity contribution in [2.75, 3.05) is 18.5 Å². The number of pyridine rings is 1. The van der Waals surface area contributed by atoms with E-state index < -0.39 is 11.9 Å². The monoisotopic (exact) mass is 391 g/mol. The zero-order chi connectivity index (χ0) is 20.5. The highest BCUT2D eigenvalue weighted by Crippen LogP contribution is 2.26. The second kappa shape index (κ2) is 7.62. The molecule has 1 aliphatic heterocycles. The topological polar surface area (TPSA) is 53.5 Å². The third-order valence-electron chi connectivity index (χ3n) is 5.40. The van der Waals surface area contributed by atoms with Crippen LogP contribution in [0.1, 0.15) is 28.9 Å². The van der Waals surface area contributed by atoms with Gasteiger partial charge in [0.15, 0.2) is 0 Å². The maximum absolute atomic E-state index is 13.6. The lowest BCUT2D eigenvalue weighted by Gasteiger charge is -2.37. The number of aromatic nitrogens is 1. The minimum atomic E-state index is -0.541. The molecule has 29 heavy (non-hydrogen) atoms. The molecular weight excluding hydrogens is 369 g/mol. The number of anilines is 1. The molecule has 0 N–H and O–H groups in total. The number of hydrogen-bond acceptors (Lipinski definition) is 3. The van der Waals surface area contributed by atoms with Gasteiger partial charge in [0.2, 0.25) is 5.91 Å². The Morgan fingerprint density at radius 3 is 2.69 bits per heavy atom. The van der Waals surface area contributed by atoms with Gasteiger partial charge in [0.1, 0.15) is 11.9 Å². The Kier molecular flexibility index (Phi) is 5.01. The number of piperidine rings is 1. The van der Waals surface area contributed by atoms with Crippen molar-refractivity contribution in [3.63, 3.8) is 0 Å². The molecule has 148 valence electrons. The number of para-hydroxylation sites is 1. The average Bonchev–Trinajstić information content (AvgIpc) is 2.72. The first-order valence-electron chi connectivity index (χ1n) is 9.66. The van der Waals surface area contributed by atoms with E-state index in [1.54, 1.807) is 31.0 Å². The minimum absolute atomic E-state index is 0.0839. The lowest BCUT2D eigenvalue weighted by molar-refractivity contribution is -0.124. The van der Waals surface area contributed by atoms with E-state index in [1.807, 2.05) is 30.3 Å². The number of rotatable bonds is 3. The summed E-state index contributed by atoms with van der Waals surface area (Å²) in [5, 5.41) is 0.581. The zero-order valence-electron chi connectivity index (χ0n) is 16.4. The van der Waals surface area contributed by atoms with Crippen LogP contribution in [0.3, 0.4) is 0 Å². The summed E-state index contributed by atoms with van der Waals surface area (Å²) in [6, 6.07) is 14.9. The van der Waals surface area contributed by atoms with E-state index in [0.29, 0.717) is 35.1 Å². The molecule has 0 aliphatic carbocycles. The number of carbonyl (C=O) groups is 2. The summed E-state index contributed by atoms with van der Waals surface area (Å²) in [6.07, 6.45) is 1.42. The van der Waals surface area contributed by atoms with Gasteiger partial charge in [-0.05, 0) is 50.1 Å². The van der Waals surface area contributed by atoms with Crippen LogP contribution in [0.2, 0.25) is 0 Å². The Bertz CT molecular complexity index is 1080. The molecular formula is C23H22FN3O2. The highest BCUT2D eigenvalue weighted by Gasteiger charge is 2.35. The van der Waals surface area contributed by atoms with E-state index in [4.69, 9.17) is 0 Å². The second-order valence-electron chi connectivity index (χ2n) is 7.37. The molecule has 2 heterocycles. The van der Waals surface area contributed by atoms with E-state index in [0.717, 1.165) is 12.1 Å². The van der Waals surface area contributed by atoms with Gasteiger partial charge in [-0.15, -0.1) is 0 Å². The van der Waals surface area contributed by atoms with E-state index in [9.17, 15) is 14.0 Å². The molecule has 1 fully saturated rings. The van der Waals surface area contributed by atoms with Crippen molar-refractivity contribution < 1.29 is 14.0 Å². The predicted molar refractivity (Wildman–Crippen MR) is 110 cm³/mol. The number of nitrogens with zero attached hydrogens (tertiary/aromatic N) is 3. The van der Waals surface area contributed by atoms with Crippen molar-refractivity contribution in [3.8, 4) is 0 Å². The van der Waals surface area contributed by atoms with E-state index in [1.165, 1.54) is 17.0 Å². The quantitative estimate of drug-likeness (QED) is 0.679. The Morgan fingerprint density at radius 2 is 1.93 bits per heavy atom. The van der Waals surface area contributed by atoms with Gasteiger partial charge in [-0.1, -0.05) is 18.2 Å². The number of aryl methyl sites for hydroxylation is 1. The molecule has 1 saturated heterocycles. The van der Waals surface area contributed by atoms with Gasteiger partial charge >= 0.3 is 0 Å². The summed E-state index contributed by atoms with van der Waals surface area (Å²) in [4.78, 5) is 34.0. The van der Waals surface area contributed by atoms with Crippen LogP contribution in [0.15, 0.2) is 54.6 Å². The summed E-state index contributed by atoms with van der Waals surface area (Å²) >= 11 is 0. The number of halogens is 1. The fraction of sp³-hybridized carbons (Fsp3) is 0.261. The molecule has 1 aromatic heterocycles. The Labute approximate surface area is 168 Å². The Balaban J connectivity index is 1.66. The van der Waals surface area contributed by atoms with Crippen LogP contribution >= 0.6 is 0 Å². The van der Waals surface area contributed by atoms with Gasteiger partial charge in [-0.3, -0.25) is 14.6 Å². The van der Waals surface area contributed by atoms with Gasteiger partial charge in [-0.2, -0.15) is 0 Å². The highest BCUT2D eigenvalue weighted by molar-refractivity contribution is 6.08. The van der Waals surface area contributed by atoms with Gasteiger partial charge < -0.3 is 9.80 Å². The molecule has 4 rings (SSSR count). The first-order valence-corrected chi connectivity index (χ1v) is 9.66. The van der Waals surface area contributed by atoms with Crippen molar-refractivity contribution in [3.05, 3.63) is 71.7 Å². The molecule has 2 amide bonds. The molecule has 1 unspecified atom stereocenters. The molecule has 0 radical (unpaired) electrons. The lowest BCUT2D eigenvalue weighted by atomic mass is 10.0. The van der Waals surface area contributed by atoms with Crippen molar-refractivity contribution in [2.24, 2.45) is 0 Å². The van der Waals surface area contributed by atoms with Crippen molar-refractivity contribution in [1.82, 2.24) is 9.88 Å². The molecule has 1 aliphatic rings. The summed E-state index contributed by atoms with van der Waals surface area (Å²) in [5.74, 6) is -0.747. The standard InChI is InChI=1S/C23H22FN3O2/c1-15-13-19(18-11-10-16(24)14-20(18)25-15)22(28)26(2)21-9-6-12-27(23(21)29)17-7-4-3-5-8-17/h3-5,7-8,10-11,13-14,21H,6,9,12H2,1-2H3. The van der Waals surface area contributed by atoms with Crippen molar-refractivity contribution in [2.45, 2.75) is 25.8 Å². The summed E-state index contributed by atoms with van der Waals surface area (Å²) in [7, 11) is 1.66. The summed E-state index contributed by atoms with van der Waals surface area (Å²) in [6.45, 7) is 2.40. The summed E-state index contributed by atoms with van der Waals surface area (Å²) < 4.78 is 13.6. The third kappa shape index (κ3) is 3.58. The average molecular weight is 391 g/mol. The molecule has 5 nitrogen and oxygen atoms in total. The lowest BCUT2D eigenvalue weighted by Crippen LogP contribution is -2.53. The predicted octanol–water partition coefficient (Wildman–Crippen LogP) is 3.95. The van der Waals surface area contributed by atoms with Gasteiger partial charge in [0.25, 0.3) is 5.91 Å². The molecule has 6 heteroatoms. The van der Waals surface area contributed by atoms with Gasteiger partial charge in [0, 0.05) is 36.4 Å². The molecule has 0 bridgehead atoms. The highest BCUT2D eigenvalue weighted by atomic mass is 19.1. The van der Waals surface area contributed by atoms with Crippen LogP contribution in [-0.4, -0.2) is 41.3 Å². The van der Waals surface area contributed by atoms with E-state index >= 15 is 0 Å². The van der Waals surface area contributed by atoms with Crippen LogP contribution in [0.25, 0.3) is 10.9 Å². The maximum atomic E-state index is 13.6. The number of benzene rings is 2. The number of likely N-dealkylation sites (N-methyl/N-ethyl adjacent to an activating group) is 1. The van der Waals surface area contributed by atoms with Gasteiger partial charge in [-0.25, -0.2) is 4.39 Å². The first-order chi connectivity index (χ1) is 14.0. The SMILES string of the molecule is Cc1cc(C(=O)N(C)C2CCCN(c3ccccc3)C2=O)c2ccc(F)cc2n1. The van der Waals surface area contributed by atoms with Gasteiger partial charge in [0.05, 0.1) is 11.1 Å². The number of amides is 2. The van der Waals surface area contributed by atoms with E-state index in [-0.39, 0.29) is 11.8 Å². The van der Waals surface area contributed by atoms with Crippen LogP contribution < -0.4 is 4.90 Å². The van der Waals surface area contributed by atoms with E-state index in [2.05, 4.69) is 4.98 Å². The fourth-order valence-electron chi connectivity index (χ4n) is 3.92. The number of fused-ring (bicyclic) bond motifs is 1. The third-order valence-corrected chi connectivity index (χ3v) is 5.40. The Morgan fingerprint density at radius 1 is 1.17 bits per heavy atom. The maximum Gasteiger partial charge on any atom is 0.255 e. The van der Waals surface area contributed by atoms with Crippen molar-refractivity contribution >= 4 is 28.4 Å². The molecule has 2 aromatic carbocycles. The van der Waals surface area contributed by atoms with Crippen LogP contribution in [0.4, 0.5) is 10.1 Å². The molecule has 0 spiro atoms. The fourth-order valence-corrected chi connectivity index (χ4v) is 3.92. The second-order valence-corrected chi connectivity index (χ2v) is 7.37. The number of carbonyl (C=O) groups excluding carboxylic acids is 2. The molecule has 0 saturated carbocycles. The minimum Gasteiger partial charge on any atom is -0.330 e. The molecule has 3 aromatic rings. The van der Waals surface area contributed by atoms with Crippen molar-refractivity contribution in [1.29, 1.82) is 0 Å². The largest absolute Gasteiger partial charge is 0.330 e. The zero-order valence-corrected chi connectivity index (χ0v) is 16.4. The van der Waals surface area contributed by atoms with Crippen LogP contribution in [0, 0.1) is 12.7 Å². The number of hydrogen-bond donors (Lipinski definition) is 0. The van der Waals surface area contributed by atoms with Crippen LogP contribution in [-0.2, 0) is 4.79 Å². The molecule has 1 atom stereocenters. The Hall–Kier alpha value is -3.28.